The molecular formula is C13H13F3N2O. The molecule has 3 N–H and O–H groups in total. The number of hydrogen-bond donors (Lipinski definition) is 2. The van der Waals surface area contributed by atoms with Crippen LogP contribution in [0.1, 0.15) is 28.5 Å². The summed E-state index contributed by atoms with van der Waals surface area (Å²) >= 11 is 0. The van der Waals surface area contributed by atoms with Crippen molar-refractivity contribution in [2.24, 2.45) is 5.84 Å². The van der Waals surface area contributed by atoms with Crippen LogP contribution >= 0.6 is 0 Å². The minimum absolute atomic E-state index is 0.0679. The highest BCUT2D eigenvalue weighted by molar-refractivity contribution is 5.38. The smallest absolute Gasteiger partial charge is 0.416 e. The van der Waals surface area contributed by atoms with Gasteiger partial charge in [-0.2, -0.15) is 13.2 Å². The molecule has 102 valence electrons. The van der Waals surface area contributed by atoms with Crippen LogP contribution in [0.5, 0.6) is 0 Å². The zero-order valence-electron chi connectivity index (χ0n) is 10.2. The number of aryl methyl sites for hydroxylation is 1. The topological polar surface area (TPSA) is 51.2 Å². The molecule has 0 spiro atoms. The van der Waals surface area contributed by atoms with Crippen molar-refractivity contribution in [2.75, 3.05) is 0 Å². The van der Waals surface area contributed by atoms with Crippen molar-refractivity contribution in [3.8, 4) is 0 Å². The molecule has 0 radical (unpaired) electrons. The second kappa shape index (κ2) is 5.07. The number of hydrogen-bond acceptors (Lipinski definition) is 3. The first-order chi connectivity index (χ1) is 8.93. The van der Waals surface area contributed by atoms with E-state index in [-0.39, 0.29) is 5.56 Å². The van der Waals surface area contributed by atoms with Crippen molar-refractivity contribution in [1.29, 1.82) is 0 Å². The van der Waals surface area contributed by atoms with Gasteiger partial charge in [-0.25, -0.2) is 5.43 Å². The summed E-state index contributed by atoms with van der Waals surface area (Å²) in [5.41, 5.74) is 2.31. The van der Waals surface area contributed by atoms with Crippen LogP contribution in [-0.4, -0.2) is 0 Å². The van der Waals surface area contributed by atoms with E-state index in [2.05, 4.69) is 5.43 Å². The van der Waals surface area contributed by atoms with Gasteiger partial charge in [0.2, 0.25) is 0 Å². The van der Waals surface area contributed by atoms with Crippen molar-refractivity contribution < 1.29 is 17.6 Å². The summed E-state index contributed by atoms with van der Waals surface area (Å²) in [6, 6.07) is 6.21. The van der Waals surface area contributed by atoms with E-state index in [1.807, 2.05) is 0 Å². The highest BCUT2D eigenvalue weighted by Crippen LogP contribution is 2.36. The molecular weight excluding hydrogens is 257 g/mol. The van der Waals surface area contributed by atoms with Crippen LogP contribution in [0.3, 0.4) is 0 Å². The maximum atomic E-state index is 13.0. The molecule has 0 saturated heterocycles. The van der Waals surface area contributed by atoms with Gasteiger partial charge in [-0.15, -0.1) is 0 Å². The molecule has 0 aliphatic heterocycles. The number of nitrogens with two attached hydrogens (primary N) is 1. The quantitative estimate of drug-likeness (QED) is 0.665. The number of alkyl halides is 3. The molecule has 0 bridgehead atoms. The minimum atomic E-state index is -4.43. The monoisotopic (exact) mass is 270 g/mol. The average molecular weight is 270 g/mol. The van der Waals surface area contributed by atoms with Crippen LogP contribution in [0, 0.1) is 6.92 Å². The van der Waals surface area contributed by atoms with E-state index in [4.69, 9.17) is 10.3 Å². The summed E-state index contributed by atoms with van der Waals surface area (Å²) in [7, 11) is 0. The zero-order chi connectivity index (χ0) is 14.0. The number of hydrazine groups is 1. The maximum Gasteiger partial charge on any atom is 0.416 e. The van der Waals surface area contributed by atoms with Crippen molar-refractivity contribution in [3.05, 3.63) is 59.0 Å². The Bertz CT molecular complexity index is 563. The number of halogens is 3. The Kier molecular flexibility index (Phi) is 3.64. The molecule has 1 atom stereocenters. The Labute approximate surface area is 108 Å². The molecule has 1 aromatic carbocycles. The van der Waals surface area contributed by atoms with Crippen LogP contribution in [0.4, 0.5) is 13.2 Å². The van der Waals surface area contributed by atoms with Crippen molar-refractivity contribution in [3.63, 3.8) is 0 Å². The summed E-state index contributed by atoms with van der Waals surface area (Å²) < 4.78 is 44.0. The number of furan rings is 1. The van der Waals surface area contributed by atoms with Gasteiger partial charge in [-0.05, 0) is 24.6 Å². The van der Waals surface area contributed by atoms with E-state index in [9.17, 15) is 13.2 Å². The van der Waals surface area contributed by atoms with E-state index in [1.54, 1.807) is 19.1 Å². The first kappa shape index (κ1) is 13.6. The van der Waals surface area contributed by atoms with E-state index < -0.39 is 17.8 Å². The van der Waals surface area contributed by atoms with Gasteiger partial charge >= 0.3 is 6.18 Å². The molecule has 19 heavy (non-hydrogen) atoms. The van der Waals surface area contributed by atoms with Crippen LogP contribution in [0.25, 0.3) is 0 Å². The standard InChI is InChI=1S/C13H13F3N2O/c1-8-6-9(7-19-8)12(18-17)10-4-2-3-5-11(10)13(14,15)16/h2-7,12,18H,17H2,1H3. The van der Waals surface area contributed by atoms with Crippen LogP contribution in [0.15, 0.2) is 41.0 Å². The predicted octanol–water partition coefficient (Wildman–Crippen LogP) is 3.16. The molecule has 1 heterocycles. The highest BCUT2D eigenvalue weighted by atomic mass is 19.4. The third kappa shape index (κ3) is 2.80. The Hall–Kier alpha value is -1.79. The molecule has 0 aliphatic carbocycles. The molecule has 3 nitrogen and oxygen atoms in total. The minimum Gasteiger partial charge on any atom is -0.469 e. The lowest BCUT2D eigenvalue weighted by atomic mass is 9.96. The number of rotatable bonds is 3. The molecule has 0 amide bonds. The second-order valence-electron chi connectivity index (χ2n) is 4.18. The van der Waals surface area contributed by atoms with Crippen molar-refractivity contribution >= 4 is 0 Å². The van der Waals surface area contributed by atoms with Crippen molar-refractivity contribution in [1.82, 2.24) is 5.43 Å². The average Bonchev–Trinajstić information content (AvgIpc) is 2.76. The fourth-order valence-electron chi connectivity index (χ4n) is 1.99. The predicted molar refractivity (Wildman–Crippen MR) is 64.1 cm³/mol. The Balaban J connectivity index is 2.50. The largest absolute Gasteiger partial charge is 0.469 e. The Morgan fingerprint density at radius 1 is 1.26 bits per heavy atom. The summed E-state index contributed by atoms with van der Waals surface area (Å²) in [5.74, 6) is 6.01. The third-order valence-electron chi connectivity index (χ3n) is 2.83. The van der Waals surface area contributed by atoms with Gasteiger partial charge in [-0.3, -0.25) is 5.84 Å². The molecule has 1 unspecified atom stereocenters. The fraction of sp³-hybridized carbons (Fsp3) is 0.231. The summed E-state index contributed by atoms with van der Waals surface area (Å²) in [4.78, 5) is 0. The van der Waals surface area contributed by atoms with Crippen LogP contribution in [-0.2, 0) is 6.18 Å². The summed E-state index contributed by atoms with van der Waals surface area (Å²) in [6.45, 7) is 1.72. The van der Waals surface area contributed by atoms with Gasteiger partial charge in [0.05, 0.1) is 17.9 Å². The summed E-state index contributed by atoms with van der Waals surface area (Å²) in [6.07, 6.45) is -3.03. The Morgan fingerprint density at radius 3 is 2.47 bits per heavy atom. The zero-order valence-corrected chi connectivity index (χ0v) is 10.2. The third-order valence-corrected chi connectivity index (χ3v) is 2.83. The van der Waals surface area contributed by atoms with E-state index in [0.29, 0.717) is 11.3 Å². The first-order valence-electron chi connectivity index (χ1n) is 5.60. The fourth-order valence-corrected chi connectivity index (χ4v) is 1.99. The van der Waals surface area contributed by atoms with Gasteiger partial charge in [-0.1, -0.05) is 18.2 Å². The highest BCUT2D eigenvalue weighted by Gasteiger charge is 2.35. The number of nitrogens with one attached hydrogen (secondary N) is 1. The van der Waals surface area contributed by atoms with Gasteiger partial charge in [0, 0.05) is 5.56 Å². The molecule has 2 aromatic rings. The second-order valence-corrected chi connectivity index (χ2v) is 4.18. The molecule has 0 saturated carbocycles. The van der Waals surface area contributed by atoms with Gasteiger partial charge < -0.3 is 4.42 Å². The molecule has 1 aromatic heterocycles. The van der Waals surface area contributed by atoms with E-state index in [0.717, 1.165) is 6.07 Å². The van der Waals surface area contributed by atoms with Gasteiger partial charge in [0.1, 0.15) is 5.76 Å². The summed E-state index contributed by atoms with van der Waals surface area (Å²) in [5, 5.41) is 0. The van der Waals surface area contributed by atoms with E-state index in [1.165, 1.54) is 18.4 Å². The molecule has 0 fully saturated rings. The lowest BCUT2D eigenvalue weighted by Gasteiger charge is -2.19. The first-order valence-corrected chi connectivity index (χ1v) is 5.60. The SMILES string of the molecule is Cc1cc(C(NN)c2ccccc2C(F)(F)F)co1. The van der Waals surface area contributed by atoms with Crippen LogP contribution < -0.4 is 11.3 Å². The Morgan fingerprint density at radius 2 is 1.95 bits per heavy atom. The van der Waals surface area contributed by atoms with Gasteiger partial charge in [0.15, 0.2) is 0 Å². The lowest BCUT2D eigenvalue weighted by molar-refractivity contribution is -0.138. The lowest BCUT2D eigenvalue weighted by Crippen LogP contribution is -2.30. The molecule has 6 heteroatoms. The van der Waals surface area contributed by atoms with E-state index >= 15 is 0 Å². The molecule has 0 aliphatic rings. The number of benzene rings is 1. The van der Waals surface area contributed by atoms with Crippen LogP contribution in [0.2, 0.25) is 0 Å². The maximum absolute atomic E-state index is 13.0. The normalized spacial score (nSPS) is 13.5. The van der Waals surface area contributed by atoms with Gasteiger partial charge in [0.25, 0.3) is 0 Å². The van der Waals surface area contributed by atoms with Crippen molar-refractivity contribution in [2.45, 2.75) is 19.1 Å². The molecule has 2 rings (SSSR count).